The highest BCUT2D eigenvalue weighted by Gasteiger charge is 2.31. The van der Waals surface area contributed by atoms with E-state index in [-0.39, 0.29) is 11.8 Å². The van der Waals surface area contributed by atoms with Gasteiger partial charge in [-0.1, -0.05) is 24.3 Å². The molecule has 1 aromatic carbocycles. The number of nitrogens with one attached hydrogen (secondary N) is 1. The number of fused-ring (bicyclic) bond motifs is 1. The minimum absolute atomic E-state index is 0.0309. The van der Waals surface area contributed by atoms with Crippen molar-refractivity contribution in [1.29, 1.82) is 0 Å². The van der Waals surface area contributed by atoms with Gasteiger partial charge >= 0.3 is 0 Å². The van der Waals surface area contributed by atoms with Crippen LogP contribution >= 0.6 is 0 Å². The zero-order chi connectivity index (χ0) is 14.7. The molecule has 3 rings (SSSR count). The van der Waals surface area contributed by atoms with Crippen molar-refractivity contribution in [2.45, 2.75) is 37.7 Å². The Morgan fingerprint density at radius 1 is 1.29 bits per heavy atom. The maximum absolute atomic E-state index is 12.3. The van der Waals surface area contributed by atoms with Gasteiger partial charge in [0.2, 0.25) is 5.91 Å². The Morgan fingerprint density at radius 3 is 2.76 bits per heavy atom. The molecule has 21 heavy (non-hydrogen) atoms. The summed E-state index contributed by atoms with van der Waals surface area (Å²) in [6.07, 6.45) is 3.86. The molecule has 1 unspecified atom stereocenters. The number of benzene rings is 1. The summed E-state index contributed by atoms with van der Waals surface area (Å²) in [5.74, 6) is 0.104. The number of carbonyl (C=O) groups is 1. The number of rotatable bonds is 3. The molecule has 1 aliphatic carbocycles. The standard InChI is InChI=1S/C17H23NO3/c19-16(18-12-17(20)7-9-21-10-8-17)15-6-5-13-3-1-2-4-14(13)11-15/h1-4,15,20H,5-12H2,(H,18,19). The van der Waals surface area contributed by atoms with Crippen molar-refractivity contribution in [2.75, 3.05) is 19.8 Å². The first-order valence-electron chi connectivity index (χ1n) is 7.81. The monoisotopic (exact) mass is 289 g/mol. The van der Waals surface area contributed by atoms with Gasteiger partial charge in [0.05, 0.1) is 5.60 Å². The molecule has 0 aromatic heterocycles. The third-order valence-electron chi connectivity index (χ3n) is 4.73. The third-order valence-corrected chi connectivity index (χ3v) is 4.73. The number of ether oxygens (including phenoxy) is 1. The van der Waals surface area contributed by atoms with Crippen molar-refractivity contribution >= 4 is 5.91 Å². The fourth-order valence-electron chi connectivity index (χ4n) is 3.25. The highest BCUT2D eigenvalue weighted by molar-refractivity contribution is 5.79. The normalized spacial score (nSPS) is 24.1. The van der Waals surface area contributed by atoms with Crippen LogP contribution in [-0.4, -0.2) is 36.4 Å². The van der Waals surface area contributed by atoms with E-state index in [1.54, 1.807) is 0 Å². The summed E-state index contributed by atoms with van der Waals surface area (Å²) in [6.45, 7) is 1.49. The third kappa shape index (κ3) is 3.44. The Balaban J connectivity index is 1.55. The van der Waals surface area contributed by atoms with Crippen molar-refractivity contribution in [3.8, 4) is 0 Å². The van der Waals surface area contributed by atoms with Gasteiger partial charge in [0.1, 0.15) is 0 Å². The number of aryl methyl sites for hydroxylation is 1. The number of hydrogen-bond donors (Lipinski definition) is 2. The molecular weight excluding hydrogens is 266 g/mol. The first-order chi connectivity index (χ1) is 10.2. The summed E-state index contributed by atoms with van der Waals surface area (Å²) in [6, 6.07) is 8.35. The Hall–Kier alpha value is -1.39. The van der Waals surface area contributed by atoms with E-state index in [9.17, 15) is 9.90 Å². The molecule has 1 atom stereocenters. The van der Waals surface area contributed by atoms with Crippen LogP contribution in [-0.2, 0) is 22.4 Å². The van der Waals surface area contributed by atoms with Crippen LogP contribution in [0.1, 0.15) is 30.4 Å². The highest BCUT2D eigenvalue weighted by Crippen LogP contribution is 2.26. The van der Waals surface area contributed by atoms with Crippen molar-refractivity contribution in [3.05, 3.63) is 35.4 Å². The average Bonchev–Trinajstić information content (AvgIpc) is 2.53. The second kappa shape index (κ2) is 6.16. The van der Waals surface area contributed by atoms with Gasteiger partial charge < -0.3 is 15.2 Å². The predicted molar refractivity (Wildman–Crippen MR) is 80.0 cm³/mol. The predicted octanol–water partition coefficient (Wildman–Crippen LogP) is 1.45. The molecule has 1 amide bonds. The van der Waals surface area contributed by atoms with Gasteiger partial charge in [0.25, 0.3) is 0 Å². The van der Waals surface area contributed by atoms with Gasteiger partial charge in [-0.3, -0.25) is 4.79 Å². The van der Waals surface area contributed by atoms with Crippen LogP contribution in [0.5, 0.6) is 0 Å². The molecule has 2 aliphatic rings. The first-order valence-corrected chi connectivity index (χ1v) is 7.81. The molecule has 0 radical (unpaired) electrons. The summed E-state index contributed by atoms with van der Waals surface area (Å²) in [5.41, 5.74) is 1.86. The van der Waals surface area contributed by atoms with Gasteiger partial charge in [0, 0.05) is 38.5 Å². The van der Waals surface area contributed by atoms with E-state index in [4.69, 9.17) is 4.74 Å². The fourth-order valence-corrected chi connectivity index (χ4v) is 3.25. The second-order valence-corrected chi connectivity index (χ2v) is 6.26. The zero-order valence-electron chi connectivity index (χ0n) is 12.3. The van der Waals surface area contributed by atoms with Crippen molar-refractivity contribution in [2.24, 2.45) is 5.92 Å². The van der Waals surface area contributed by atoms with Crippen molar-refractivity contribution < 1.29 is 14.6 Å². The van der Waals surface area contributed by atoms with Crippen LogP contribution in [0.2, 0.25) is 0 Å². The lowest BCUT2D eigenvalue weighted by Crippen LogP contribution is -2.48. The molecule has 0 bridgehead atoms. The summed E-state index contributed by atoms with van der Waals surface area (Å²) in [4.78, 5) is 12.3. The molecule has 2 N–H and O–H groups in total. The molecule has 1 heterocycles. The minimum Gasteiger partial charge on any atom is -0.388 e. The molecule has 4 heteroatoms. The molecule has 1 fully saturated rings. The molecule has 1 saturated heterocycles. The van der Waals surface area contributed by atoms with E-state index < -0.39 is 5.60 Å². The van der Waals surface area contributed by atoms with Gasteiger partial charge in [-0.25, -0.2) is 0 Å². The smallest absolute Gasteiger partial charge is 0.223 e. The minimum atomic E-state index is -0.791. The van der Waals surface area contributed by atoms with Crippen LogP contribution in [0, 0.1) is 5.92 Å². The molecule has 114 valence electrons. The van der Waals surface area contributed by atoms with E-state index in [2.05, 4.69) is 23.5 Å². The lowest BCUT2D eigenvalue weighted by Gasteiger charge is -2.33. The van der Waals surface area contributed by atoms with E-state index in [0.717, 1.165) is 19.3 Å². The molecular formula is C17H23NO3. The Labute approximate surface area is 125 Å². The topological polar surface area (TPSA) is 58.6 Å². The molecule has 0 saturated carbocycles. The van der Waals surface area contributed by atoms with Gasteiger partial charge in [-0.2, -0.15) is 0 Å². The van der Waals surface area contributed by atoms with Crippen LogP contribution in [0.15, 0.2) is 24.3 Å². The lowest BCUT2D eigenvalue weighted by atomic mass is 9.83. The quantitative estimate of drug-likeness (QED) is 0.885. The van der Waals surface area contributed by atoms with Crippen LogP contribution in [0.25, 0.3) is 0 Å². The number of aliphatic hydroxyl groups is 1. The first kappa shape index (κ1) is 14.5. The van der Waals surface area contributed by atoms with Gasteiger partial charge in [-0.15, -0.1) is 0 Å². The molecule has 0 spiro atoms. The van der Waals surface area contributed by atoms with E-state index in [1.165, 1.54) is 11.1 Å². The molecule has 4 nitrogen and oxygen atoms in total. The maximum atomic E-state index is 12.3. The summed E-state index contributed by atoms with van der Waals surface area (Å²) in [5, 5.41) is 13.3. The number of carbonyl (C=O) groups excluding carboxylic acids is 1. The van der Waals surface area contributed by atoms with E-state index in [0.29, 0.717) is 32.6 Å². The second-order valence-electron chi connectivity index (χ2n) is 6.26. The van der Waals surface area contributed by atoms with Crippen LogP contribution in [0.3, 0.4) is 0 Å². The Bertz CT molecular complexity index is 509. The number of amides is 1. The SMILES string of the molecule is O=C(NCC1(O)CCOCC1)C1CCc2ccccc2C1. The summed E-state index contributed by atoms with van der Waals surface area (Å²) >= 11 is 0. The largest absolute Gasteiger partial charge is 0.388 e. The highest BCUT2D eigenvalue weighted by atomic mass is 16.5. The summed E-state index contributed by atoms with van der Waals surface area (Å²) < 4.78 is 5.25. The van der Waals surface area contributed by atoms with Gasteiger partial charge in [-0.05, 0) is 30.4 Å². The molecule has 1 aliphatic heterocycles. The number of hydrogen-bond acceptors (Lipinski definition) is 3. The average molecular weight is 289 g/mol. The molecule has 1 aromatic rings. The zero-order valence-corrected chi connectivity index (χ0v) is 12.3. The fraction of sp³-hybridized carbons (Fsp3) is 0.588. The van der Waals surface area contributed by atoms with Crippen molar-refractivity contribution in [3.63, 3.8) is 0 Å². The van der Waals surface area contributed by atoms with Crippen LogP contribution < -0.4 is 5.32 Å². The summed E-state index contributed by atoms with van der Waals surface area (Å²) in [7, 11) is 0. The van der Waals surface area contributed by atoms with Crippen LogP contribution in [0.4, 0.5) is 0 Å². The van der Waals surface area contributed by atoms with E-state index in [1.807, 2.05) is 6.07 Å². The Morgan fingerprint density at radius 2 is 2.00 bits per heavy atom. The maximum Gasteiger partial charge on any atom is 0.223 e. The van der Waals surface area contributed by atoms with Crippen molar-refractivity contribution in [1.82, 2.24) is 5.32 Å². The lowest BCUT2D eigenvalue weighted by molar-refractivity contribution is -0.128. The van der Waals surface area contributed by atoms with E-state index >= 15 is 0 Å². The Kier molecular flexibility index (Phi) is 4.27. The van der Waals surface area contributed by atoms with Gasteiger partial charge in [0.15, 0.2) is 0 Å².